The van der Waals surface area contributed by atoms with Gasteiger partial charge in [-0.2, -0.15) is 0 Å². The molecule has 1 aromatic carbocycles. The van der Waals surface area contributed by atoms with E-state index in [4.69, 9.17) is 0 Å². The third kappa shape index (κ3) is 2.30. The molecule has 1 heteroatoms. The fraction of sp³-hybridized carbons (Fsp3) is 0.579. The van der Waals surface area contributed by atoms with E-state index in [1.54, 1.807) is 16.3 Å². The number of rotatable bonds is 1. The van der Waals surface area contributed by atoms with Gasteiger partial charge in [0.25, 0.3) is 0 Å². The summed E-state index contributed by atoms with van der Waals surface area (Å²) >= 11 is 0. The normalized spacial score (nSPS) is 18.8. The van der Waals surface area contributed by atoms with Gasteiger partial charge in [-0.1, -0.05) is 65.9 Å². The lowest BCUT2D eigenvalue weighted by atomic mass is 10.1. The van der Waals surface area contributed by atoms with E-state index in [1.165, 1.54) is 28.8 Å². The van der Waals surface area contributed by atoms with Crippen molar-refractivity contribution in [3.05, 3.63) is 40.0 Å². The predicted molar refractivity (Wildman–Crippen MR) is 93.7 cm³/mol. The molecule has 0 nitrogen and oxygen atoms in total. The van der Waals surface area contributed by atoms with Gasteiger partial charge in [-0.05, 0) is 51.7 Å². The Balaban J connectivity index is 2.68. The lowest BCUT2D eigenvalue weighted by molar-refractivity contribution is 0.721. The molecular formula is C19H30Si. The Morgan fingerprint density at radius 2 is 1.20 bits per heavy atom. The van der Waals surface area contributed by atoms with Crippen LogP contribution in [0.1, 0.15) is 51.3 Å². The van der Waals surface area contributed by atoms with E-state index < -0.39 is 8.07 Å². The zero-order valence-corrected chi connectivity index (χ0v) is 15.6. The van der Waals surface area contributed by atoms with E-state index in [9.17, 15) is 0 Å². The van der Waals surface area contributed by atoms with Crippen LogP contribution in [0.2, 0.25) is 17.1 Å². The number of hydrogen-bond donors (Lipinski definition) is 0. The van der Waals surface area contributed by atoms with Crippen LogP contribution in [0, 0.1) is 20.8 Å². The first-order chi connectivity index (χ1) is 9.08. The van der Waals surface area contributed by atoms with E-state index in [1.807, 2.05) is 0 Å². The summed E-state index contributed by atoms with van der Waals surface area (Å²) in [4.78, 5) is 0. The molecule has 1 heterocycles. The number of allylic oxidation sites excluding steroid dienone is 2. The first-order valence-electron chi connectivity index (χ1n) is 7.82. The van der Waals surface area contributed by atoms with E-state index in [-0.39, 0.29) is 0 Å². The van der Waals surface area contributed by atoms with E-state index >= 15 is 0 Å². The molecule has 0 radical (unpaired) electrons. The van der Waals surface area contributed by atoms with Crippen molar-refractivity contribution < 1.29 is 0 Å². The average molecular weight is 287 g/mol. The summed E-state index contributed by atoms with van der Waals surface area (Å²) in [6, 6.07) is 7.50. The Labute approximate surface area is 126 Å². The monoisotopic (exact) mass is 286 g/mol. The molecule has 0 atom stereocenters. The molecule has 0 saturated carbocycles. The average Bonchev–Trinajstić information content (AvgIpc) is 2.53. The van der Waals surface area contributed by atoms with Gasteiger partial charge in [-0.25, -0.2) is 0 Å². The molecule has 20 heavy (non-hydrogen) atoms. The van der Waals surface area contributed by atoms with Crippen molar-refractivity contribution in [1.29, 1.82) is 0 Å². The van der Waals surface area contributed by atoms with Crippen molar-refractivity contribution in [2.45, 2.75) is 72.5 Å². The summed E-state index contributed by atoms with van der Waals surface area (Å²) in [5, 5.41) is 2.16. The molecule has 0 fully saturated rings. The number of aryl methyl sites for hydroxylation is 3. The third-order valence-electron chi connectivity index (χ3n) is 5.45. The Kier molecular flexibility index (Phi) is 3.79. The molecule has 0 spiro atoms. The number of hydrogen-bond acceptors (Lipinski definition) is 0. The fourth-order valence-corrected chi connectivity index (χ4v) is 10.6. The summed E-state index contributed by atoms with van der Waals surface area (Å²) in [5.74, 6) is 0. The standard InChI is InChI=1S/C19H30Si/c1-13-9-14(2)18(15(3)10-13)20(19(6,7)8)11-16(4)17(5)12-20/h9-10H,11-12H2,1-8H3. The van der Waals surface area contributed by atoms with Crippen LogP contribution in [-0.2, 0) is 0 Å². The van der Waals surface area contributed by atoms with Crippen LogP contribution in [0.4, 0.5) is 0 Å². The van der Waals surface area contributed by atoms with E-state index in [0.29, 0.717) is 5.04 Å². The van der Waals surface area contributed by atoms with Crippen molar-refractivity contribution in [1.82, 2.24) is 0 Å². The van der Waals surface area contributed by atoms with Crippen LogP contribution in [0.15, 0.2) is 23.3 Å². The summed E-state index contributed by atoms with van der Waals surface area (Å²) in [6.45, 7) is 19.0. The quantitative estimate of drug-likeness (QED) is 0.478. The highest BCUT2D eigenvalue weighted by molar-refractivity contribution is 6.96. The fourth-order valence-electron chi connectivity index (χ4n) is 4.29. The van der Waals surface area contributed by atoms with Crippen molar-refractivity contribution in [3.63, 3.8) is 0 Å². The highest BCUT2D eigenvalue weighted by Gasteiger charge is 2.50. The summed E-state index contributed by atoms with van der Waals surface area (Å²) in [5.41, 5.74) is 7.79. The Hall–Kier alpha value is -0.823. The predicted octanol–water partition coefficient (Wildman–Crippen LogP) is 5.42. The first-order valence-corrected chi connectivity index (χ1v) is 10.2. The van der Waals surface area contributed by atoms with Crippen molar-refractivity contribution in [3.8, 4) is 0 Å². The zero-order valence-electron chi connectivity index (χ0n) is 14.6. The minimum Gasteiger partial charge on any atom is -0.0770 e. The maximum absolute atomic E-state index is 2.48. The Morgan fingerprint density at radius 3 is 1.55 bits per heavy atom. The maximum Gasteiger partial charge on any atom is 0.101 e. The zero-order chi connectivity index (χ0) is 15.3. The summed E-state index contributed by atoms with van der Waals surface area (Å²) in [7, 11) is -1.52. The molecule has 0 bridgehead atoms. The van der Waals surface area contributed by atoms with Crippen LogP contribution in [0.25, 0.3) is 0 Å². The van der Waals surface area contributed by atoms with Gasteiger partial charge in [0.05, 0.1) is 0 Å². The molecule has 110 valence electrons. The van der Waals surface area contributed by atoms with Crippen molar-refractivity contribution in [2.75, 3.05) is 0 Å². The third-order valence-corrected chi connectivity index (χ3v) is 12.3. The second kappa shape index (κ2) is 4.87. The van der Waals surface area contributed by atoms with Gasteiger partial charge in [0.1, 0.15) is 8.07 Å². The summed E-state index contributed by atoms with van der Waals surface area (Å²) in [6.07, 6.45) is 0. The van der Waals surface area contributed by atoms with Crippen molar-refractivity contribution in [2.24, 2.45) is 0 Å². The van der Waals surface area contributed by atoms with Crippen LogP contribution in [-0.4, -0.2) is 8.07 Å². The lowest BCUT2D eigenvalue weighted by Gasteiger charge is -2.43. The number of benzene rings is 1. The van der Waals surface area contributed by atoms with Gasteiger partial charge in [-0.3, -0.25) is 0 Å². The molecule has 1 aliphatic rings. The van der Waals surface area contributed by atoms with E-state index in [2.05, 4.69) is 67.5 Å². The molecule has 1 aliphatic heterocycles. The maximum atomic E-state index is 2.48. The minimum absolute atomic E-state index is 0.413. The minimum atomic E-state index is -1.52. The molecule has 0 aromatic heterocycles. The molecular weight excluding hydrogens is 256 g/mol. The van der Waals surface area contributed by atoms with Gasteiger partial charge in [-0.15, -0.1) is 0 Å². The van der Waals surface area contributed by atoms with Gasteiger partial charge >= 0.3 is 0 Å². The lowest BCUT2D eigenvalue weighted by Crippen LogP contribution is -2.55. The molecule has 0 saturated heterocycles. The highest BCUT2D eigenvalue weighted by Crippen LogP contribution is 2.50. The molecule has 1 aromatic rings. The topological polar surface area (TPSA) is 0 Å². The largest absolute Gasteiger partial charge is 0.101 e. The van der Waals surface area contributed by atoms with Gasteiger partial charge in [0.2, 0.25) is 0 Å². The SMILES string of the molecule is CC1=C(C)C[Si](c2c(C)cc(C)cc2C)(C(C)(C)C)C1. The molecule has 0 amide bonds. The molecule has 0 N–H and O–H groups in total. The smallest absolute Gasteiger partial charge is 0.0770 e. The molecule has 0 aliphatic carbocycles. The van der Waals surface area contributed by atoms with Crippen LogP contribution < -0.4 is 5.19 Å². The summed E-state index contributed by atoms with van der Waals surface area (Å²) < 4.78 is 0. The second-order valence-corrected chi connectivity index (χ2v) is 12.9. The Morgan fingerprint density at radius 1 is 0.800 bits per heavy atom. The van der Waals surface area contributed by atoms with Crippen LogP contribution in [0.5, 0.6) is 0 Å². The van der Waals surface area contributed by atoms with Gasteiger partial charge in [0.15, 0.2) is 0 Å². The van der Waals surface area contributed by atoms with Gasteiger partial charge in [0, 0.05) is 0 Å². The highest BCUT2D eigenvalue weighted by atomic mass is 28.3. The van der Waals surface area contributed by atoms with Crippen LogP contribution in [0.3, 0.4) is 0 Å². The molecule has 0 unspecified atom stereocenters. The van der Waals surface area contributed by atoms with E-state index in [0.717, 1.165) is 0 Å². The first kappa shape index (κ1) is 15.6. The van der Waals surface area contributed by atoms with Crippen molar-refractivity contribution >= 4 is 13.3 Å². The van der Waals surface area contributed by atoms with Crippen LogP contribution >= 0.6 is 0 Å². The molecule has 2 rings (SSSR count). The Bertz CT molecular complexity index is 533. The second-order valence-electron chi connectivity index (χ2n) is 8.02. The van der Waals surface area contributed by atoms with Gasteiger partial charge < -0.3 is 0 Å².